The summed E-state index contributed by atoms with van der Waals surface area (Å²) in [4.78, 5) is 13.5. The van der Waals surface area contributed by atoms with E-state index in [1.807, 2.05) is 13.8 Å². The predicted molar refractivity (Wildman–Crippen MR) is 64.8 cm³/mol. The number of carbonyl (C=O) groups is 1. The normalized spacial score (nSPS) is 14.1. The van der Waals surface area contributed by atoms with Gasteiger partial charge in [-0.15, -0.1) is 0 Å². The second-order valence-electron chi connectivity index (χ2n) is 5.23. The zero-order valence-corrected chi connectivity index (χ0v) is 11.2. The first-order chi connectivity index (χ1) is 6.72. The van der Waals surface area contributed by atoms with E-state index in [4.69, 9.17) is 0 Å². The Hall–Kier alpha value is -0.570. The number of amides is 1. The van der Waals surface area contributed by atoms with Gasteiger partial charge in [-0.25, -0.2) is 0 Å². The summed E-state index contributed by atoms with van der Waals surface area (Å²) in [6, 6.07) is 0.392. The third-order valence-corrected chi connectivity index (χ3v) is 2.73. The molecule has 90 valence electrons. The molecule has 1 atom stereocenters. The van der Waals surface area contributed by atoms with Gasteiger partial charge >= 0.3 is 0 Å². The van der Waals surface area contributed by atoms with E-state index in [-0.39, 0.29) is 5.91 Å². The van der Waals surface area contributed by atoms with Crippen molar-refractivity contribution >= 4 is 5.91 Å². The lowest BCUT2D eigenvalue weighted by atomic mass is 9.95. The number of likely N-dealkylation sites (N-methyl/N-ethyl adjacent to an activating group) is 1. The molecule has 1 amide bonds. The summed E-state index contributed by atoms with van der Waals surface area (Å²) in [5.74, 6) is 0.672. The van der Waals surface area contributed by atoms with Gasteiger partial charge < -0.3 is 10.2 Å². The second kappa shape index (κ2) is 5.50. The van der Waals surface area contributed by atoms with E-state index in [1.54, 1.807) is 19.0 Å². The van der Waals surface area contributed by atoms with Crippen LogP contribution in [-0.4, -0.2) is 36.5 Å². The Kier molecular flexibility index (Phi) is 5.29. The minimum Gasteiger partial charge on any atom is -0.347 e. The van der Waals surface area contributed by atoms with Crippen molar-refractivity contribution in [2.75, 3.05) is 14.1 Å². The third-order valence-electron chi connectivity index (χ3n) is 2.73. The van der Waals surface area contributed by atoms with Crippen molar-refractivity contribution in [3.8, 4) is 0 Å². The summed E-state index contributed by atoms with van der Waals surface area (Å²) in [7, 11) is 3.59. The van der Waals surface area contributed by atoms with Crippen LogP contribution in [0.1, 0.15) is 41.0 Å². The molecule has 0 aliphatic rings. The fourth-order valence-corrected chi connectivity index (χ4v) is 1.82. The lowest BCUT2D eigenvalue weighted by Gasteiger charge is -2.34. The highest BCUT2D eigenvalue weighted by atomic mass is 16.2. The molecule has 0 bridgehead atoms. The molecule has 0 saturated carbocycles. The maximum Gasteiger partial charge on any atom is 0.241 e. The maximum absolute atomic E-state index is 11.9. The Morgan fingerprint density at radius 3 is 2.07 bits per heavy atom. The summed E-state index contributed by atoms with van der Waals surface area (Å²) in [5, 5.41) is 3.43. The molecule has 0 saturated heterocycles. The molecule has 3 nitrogen and oxygen atoms in total. The van der Waals surface area contributed by atoms with Gasteiger partial charge in [0, 0.05) is 20.1 Å². The van der Waals surface area contributed by atoms with E-state index in [1.165, 1.54) is 0 Å². The minimum atomic E-state index is -0.478. The lowest BCUT2D eigenvalue weighted by Crippen LogP contribution is -2.56. The van der Waals surface area contributed by atoms with Crippen LogP contribution in [0.15, 0.2) is 0 Å². The highest BCUT2D eigenvalue weighted by Crippen LogP contribution is 2.13. The Labute approximate surface area is 94.2 Å². The minimum absolute atomic E-state index is 0.126. The number of hydrogen-bond donors (Lipinski definition) is 1. The monoisotopic (exact) mass is 214 g/mol. The molecule has 1 unspecified atom stereocenters. The van der Waals surface area contributed by atoms with Gasteiger partial charge in [-0.1, -0.05) is 20.8 Å². The summed E-state index contributed by atoms with van der Waals surface area (Å²) in [5.41, 5.74) is -0.478. The summed E-state index contributed by atoms with van der Waals surface area (Å²) < 4.78 is 0. The van der Waals surface area contributed by atoms with E-state index >= 15 is 0 Å². The molecule has 0 heterocycles. The predicted octanol–water partition coefficient (Wildman–Crippen LogP) is 1.88. The Bertz CT molecular complexity index is 210. The van der Waals surface area contributed by atoms with Gasteiger partial charge in [0.25, 0.3) is 0 Å². The van der Waals surface area contributed by atoms with Crippen molar-refractivity contribution < 1.29 is 4.79 Å². The van der Waals surface area contributed by atoms with Crippen molar-refractivity contribution in [2.45, 2.75) is 52.6 Å². The highest BCUT2D eigenvalue weighted by Gasteiger charge is 2.31. The van der Waals surface area contributed by atoms with Crippen LogP contribution < -0.4 is 5.32 Å². The van der Waals surface area contributed by atoms with E-state index in [0.717, 1.165) is 6.42 Å². The molecule has 1 N–H and O–H groups in total. The summed E-state index contributed by atoms with van der Waals surface area (Å²) >= 11 is 0. The van der Waals surface area contributed by atoms with Crippen molar-refractivity contribution in [1.82, 2.24) is 10.2 Å². The third kappa shape index (κ3) is 4.20. The van der Waals surface area contributed by atoms with Crippen LogP contribution in [0.5, 0.6) is 0 Å². The SMILES string of the molecule is CCC(NC(C)(C)C(=O)N(C)C)C(C)C. The molecule has 0 aromatic carbocycles. The number of nitrogens with zero attached hydrogens (tertiary/aromatic N) is 1. The van der Waals surface area contributed by atoms with Crippen LogP contribution in [0.4, 0.5) is 0 Å². The van der Waals surface area contributed by atoms with E-state index in [2.05, 4.69) is 26.1 Å². The largest absolute Gasteiger partial charge is 0.347 e. The number of hydrogen-bond acceptors (Lipinski definition) is 2. The number of carbonyl (C=O) groups excluding carboxylic acids is 1. The average molecular weight is 214 g/mol. The average Bonchev–Trinajstić information content (AvgIpc) is 2.12. The quantitative estimate of drug-likeness (QED) is 0.758. The first-order valence-corrected chi connectivity index (χ1v) is 5.71. The zero-order valence-electron chi connectivity index (χ0n) is 11.2. The van der Waals surface area contributed by atoms with Crippen LogP contribution in [-0.2, 0) is 4.79 Å². The van der Waals surface area contributed by atoms with Gasteiger partial charge in [0.05, 0.1) is 5.54 Å². The van der Waals surface area contributed by atoms with Crippen LogP contribution in [0, 0.1) is 5.92 Å². The molecule has 0 aromatic rings. The standard InChI is InChI=1S/C12H26N2O/c1-8-10(9(2)3)13-12(4,5)11(15)14(6)7/h9-10,13H,8H2,1-7H3. The first kappa shape index (κ1) is 14.4. The maximum atomic E-state index is 11.9. The summed E-state index contributed by atoms with van der Waals surface area (Å²) in [6.45, 7) is 10.4. The number of nitrogens with one attached hydrogen (secondary N) is 1. The Morgan fingerprint density at radius 2 is 1.80 bits per heavy atom. The molecule has 0 rings (SSSR count). The fraction of sp³-hybridized carbons (Fsp3) is 0.917. The van der Waals surface area contributed by atoms with Crippen LogP contribution in [0.3, 0.4) is 0 Å². The van der Waals surface area contributed by atoms with Crippen molar-refractivity contribution in [3.63, 3.8) is 0 Å². The molecule has 0 aliphatic heterocycles. The summed E-state index contributed by atoms with van der Waals surface area (Å²) in [6.07, 6.45) is 1.04. The smallest absolute Gasteiger partial charge is 0.241 e. The molecule has 3 heteroatoms. The van der Waals surface area contributed by atoms with Crippen molar-refractivity contribution in [1.29, 1.82) is 0 Å². The van der Waals surface area contributed by atoms with Crippen LogP contribution >= 0.6 is 0 Å². The van der Waals surface area contributed by atoms with E-state index < -0.39 is 5.54 Å². The van der Waals surface area contributed by atoms with Gasteiger partial charge in [0.1, 0.15) is 0 Å². The fourth-order valence-electron chi connectivity index (χ4n) is 1.82. The first-order valence-electron chi connectivity index (χ1n) is 5.71. The van der Waals surface area contributed by atoms with Crippen LogP contribution in [0.25, 0.3) is 0 Å². The molecular formula is C12H26N2O. The molecule has 0 aliphatic carbocycles. The van der Waals surface area contributed by atoms with Gasteiger partial charge in [0.15, 0.2) is 0 Å². The van der Waals surface area contributed by atoms with Crippen molar-refractivity contribution in [3.05, 3.63) is 0 Å². The number of rotatable bonds is 5. The molecule has 0 radical (unpaired) electrons. The van der Waals surface area contributed by atoms with Gasteiger partial charge in [0.2, 0.25) is 5.91 Å². The Balaban J connectivity index is 4.54. The molecule has 0 aromatic heterocycles. The zero-order chi connectivity index (χ0) is 12.2. The Morgan fingerprint density at radius 1 is 1.33 bits per heavy atom. The molecular weight excluding hydrogens is 188 g/mol. The molecule has 0 spiro atoms. The molecule has 15 heavy (non-hydrogen) atoms. The van der Waals surface area contributed by atoms with Gasteiger partial charge in [-0.3, -0.25) is 4.79 Å². The highest BCUT2D eigenvalue weighted by molar-refractivity contribution is 5.85. The second-order valence-corrected chi connectivity index (χ2v) is 5.23. The van der Waals surface area contributed by atoms with Gasteiger partial charge in [-0.2, -0.15) is 0 Å². The molecule has 0 fully saturated rings. The topological polar surface area (TPSA) is 32.3 Å². The van der Waals surface area contributed by atoms with Crippen molar-refractivity contribution in [2.24, 2.45) is 5.92 Å². The van der Waals surface area contributed by atoms with Gasteiger partial charge in [-0.05, 0) is 26.2 Å². The van der Waals surface area contributed by atoms with Crippen LogP contribution in [0.2, 0.25) is 0 Å². The lowest BCUT2D eigenvalue weighted by molar-refractivity contribution is -0.134. The van der Waals surface area contributed by atoms with E-state index in [9.17, 15) is 4.79 Å². The van der Waals surface area contributed by atoms with E-state index in [0.29, 0.717) is 12.0 Å².